The van der Waals surface area contributed by atoms with Crippen LogP contribution in [0, 0.1) is 0 Å². The Morgan fingerprint density at radius 1 is 1.16 bits per heavy atom. The van der Waals surface area contributed by atoms with Crippen molar-refractivity contribution in [2.45, 2.75) is 56.8 Å². The van der Waals surface area contributed by atoms with Crippen LogP contribution in [-0.4, -0.2) is 40.6 Å². The summed E-state index contributed by atoms with van der Waals surface area (Å²) in [7, 11) is 1.64. The van der Waals surface area contributed by atoms with Crippen LogP contribution in [0.3, 0.4) is 0 Å². The monoisotopic (exact) mass is 447 g/mol. The zero-order valence-electron chi connectivity index (χ0n) is 18.2. The molecule has 4 rings (SSSR count). The van der Waals surface area contributed by atoms with E-state index >= 15 is 0 Å². The number of halogens is 3. The summed E-state index contributed by atoms with van der Waals surface area (Å²) in [5, 5.41) is 0. The van der Waals surface area contributed by atoms with Crippen molar-refractivity contribution in [2.75, 3.05) is 11.9 Å². The van der Waals surface area contributed by atoms with E-state index in [1.165, 1.54) is 21.9 Å². The average Bonchev–Trinajstić information content (AvgIpc) is 2.92. The summed E-state index contributed by atoms with van der Waals surface area (Å²) in [6, 6.07) is 7.71. The molecule has 0 atom stereocenters. The molecule has 2 aromatic rings. The summed E-state index contributed by atoms with van der Waals surface area (Å²) >= 11 is 0. The summed E-state index contributed by atoms with van der Waals surface area (Å²) in [5.41, 5.74) is -0.854. The predicted octanol–water partition coefficient (Wildman–Crippen LogP) is 5.05. The van der Waals surface area contributed by atoms with Gasteiger partial charge in [-0.2, -0.15) is 13.2 Å². The fourth-order valence-electron chi connectivity index (χ4n) is 4.30. The minimum atomic E-state index is -4.46. The highest BCUT2D eigenvalue weighted by atomic mass is 19.4. The highest BCUT2D eigenvalue weighted by molar-refractivity contribution is 6.13. The molecule has 170 valence electrons. The van der Waals surface area contributed by atoms with E-state index in [1.807, 2.05) is 0 Å². The highest BCUT2D eigenvalue weighted by Gasteiger charge is 2.61. The molecule has 2 amide bonds. The summed E-state index contributed by atoms with van der Waals surface area (Å²) in [6.45, 7) is 5.34. The number of benzene rings is 1. The number of rotatable bonds is 2. The van der Waals surface area contributed by atoms with Gasteiger partial charge in [0.15, 0.2) is 0 Å². The molecule has 1 fully saturated rings. The Balaban J connectivity index is 1.60. The maximum atomic E-state index is 13.5. The average molecular weight is 447 g/mol. The fourth-order valence-corrected chi connectivity index (χ4v) is 4.30. The van der Waals surface area contributed by atoms with Gasteiger partial charge in [0.25, 0.3) is 0 Å². The first kappa shape index (κ1) is 22.1. The van der Waals surface area contributed by atoms with Crippen molar-refractivity contribution in [1.82, 2.24) is 9.88 Å². The van der Waals surface area contributed by atoms with Gasteiger partial charge in [-0.05, 0) is 70.0 Å². The molecule has 6 nitrogen and oxygen atoms in total. The smallest absolute Gasteiger partial charge is 0.416 e. The van der Waals surface area contributed by atoms with Crippen molar-refractivity contribution in [3.63, 3.8) is 0 Å². The quantitative estimate of drug-likeness (QED) is 0.647. The minimum Gasteiger partial charge on any atom is -0.444 e. The number of carbonyl (C=O) groups is 2. The molecule has 1 aliphatic heterocycles. The number of carbonyl (C=O) groups excluding carboxylic acids is 2. The standard InChI is InChI=1S/C23H24F3N3O3/c1-21(2,3)32-20(31)28(4)16-12-22(13-16)18-17(6-5-11-27-18)29(19(22)30)15-9-7-14(8-10-15)23(24,25)26/h5-11,16H,12-13H2,1-4H3. The van der Waals surface area contributed by atoms with Gasteiger partial charge in [-0.1, -0.05) is 0 Å². The first-order valence-corrected chi connectivity index (χ1v) is 10.3. The highest BCUT2D eigenvalue weighted by Crippen LogP contribution is 2.55. The molecular formula is C23H24F3N3O3. The summed E-state index contributed by atoms with van der Waals surface area (Å²) in [4.78, 5) is 33.3. The van der Waals surface area contributed by atoms with E-state index in [4.69, 9.17) is 4.74 Å². The topological polar surface area (TPSA) is 62.7 Å². The van der Waals surface area contributed by atoms with E-state index in [2.05, 4.69) is 4.98 Å². The van der Waals surface area contributed by atoms with Gasteiger partial charge in [0.1, 0.15) is 5.60 Å². The molecule has 2 heterocycles. The number of ether oxygens (including phenoxy) is 1. The third kappa shape index (κ3) is 3.59. The van der Waals surface area contributed by atoms with Gasteiger partial charge >= 0.3 is 12.3 Å². The van der Waals surface area contributed by atoms with Gasteiger partial charge in [0.2, 0.25) is 5.91 Å². The van der Waals surface area contributed by atoms with Crippen LogP contribution in [-0.2, 0) is 21.1 Å². The Morgan fingerprint density at radius 3 is 2.34 bits per heavy atom. The maximum absolute atomic E-state index is 13.5. The number of fused-ring (bicyclic) bond motifs is 2. The van der Waals surface area contributed by atoms with E-state index in [1.54, 1.807) is 46.1 Å². The SMILES string of the molecule is CN(C(=O)OC(C)(C)C)C1CC2(C1)C(=O)N(c1ccc(C(F)(F)F)cc1)c1cccnc12. The lowest BCUT2D eigenvalue weighted by Gasteiger charge is -2.47. The van der Waals surface area contributed by atoms with Crippen LogP contribution < -0.4 is 4.90 Å². The van der Waals surface area contributed by atoms with E-state index in [0.29, 0.717) is 29.9 Å². The van der Waals surface area contributed by atoms with Crippen LogP contribution in [0.25, 0.3) is 0 Å². The van der Waals surface area contributed by atoms with E-state index in [9.17, 15) is 22.8 Å². The molecule has 0 N–H and O–H groups in total. The van der Waals surface area contributed by atoms with Crippen molar-refractivity contribution in [3.05, 3.63) is 53.9 Å². The number of aromatic nitrogens is 1. The Bertz CT molecular complexity index is 1050. The molecule has 0 saturated heterocycles. The number of pyridine rings is 1. The summed E-state index contributed by atoms with van der Waals surface area (Å²) < 4.78 is 44.3. The van der Waals surface area contributed by atoms with Crippen LogP contribution in [0.4, 0.5) is 29.3 Å². The molecule has 1 aliphatic carbocycles. The lowest BCUT2D eigenvalue weighted by molar-refractivity contribution is -0.137. The third-order valence-electron chi connectivity index (χ3n) is 5.94. The Morgan fingerprint density at radius 2 is 1.78 bits per heavy atom. The second-order valence-electron chi connectivity index (χ2n) is 9.29. The van der Waals surface area contributed by atoms with Crippen molar-refractivity contribution in [1.29, 1.82) is 0 Å². The second kappa shape index (κ2) is 7.21. The lowest BCUT2D eigenvalue weighted by atomic mass is 9.63. The Hall–Kier alpha value is -3.10. The largest absolute Gasteiger partial charge is 0.444 e. The van der Waals surface area contributed by atoms with Crippen LogP contribution >= 0.6 is 0 Å². The molecule has 0 unspecified atom stereocenters. The normalized spacial score (nSPS) is 22.5. The van der Waals surface area contributed by atoms with Crippen molar-refractivity contribution in [2.24, 2.45) is 0 Å². The molecular weight excluding hydrogens is 423 g/mol. The molecule has 1 aromatic heterocycles. The molecule has 2 aliphatic rings. The lowest BCUT2D eigenvalue weighted by Crippen LogP contribution is -2.58. The summed E-state index contributed by atoms with van der Waals surface area (Å²) in [6.07, 6.45) is -2.61. The number of anilines is 2. The second-order valence-corrected chi connectivity index (χ2v) is 9.29. The first-order valence-electron chi connectivity index (χ1n) is 10.3. The van der Waals surface area contributed by atoms with Crippen LogP contribution in [0.5, 0.6) is 0 Å². The van der Waals surface area contributed by atoms with Gasteiger partial charge in [0, 0.05) is 25.0 Å². The number of hydrogen-bond acceptors (Lipinski definition) is 4. The van der Waals surface area contributed by atoms with E-state index in [0.717, 1.165) is 12.1 Å². The predicted molar refractivity (Wildman–Crippen MR) is 112 cm³/mol. The molecule has 0 bridgehead atoms. The summed E-state index contributed by atoms with van der Waals surface area (Å²) in [5.74, 6) is -0.250. The number of amides is 2. The van der Waals surface area contributed by atoms with Crippen LogP contribution in [0.2, 0.25) is 0 Å². The number of alkyl halides is 3. The van der Waals surface area contributed by atoms with Gasteiger partial charge < -0.3 is 9.64 Å². The van der Waals surface area contributed by atoms with Gasteiger partial charge in [-0.15, -0.1) is 0 Å². The molecule has 1 saturated carbocycles. The maximum Gasteiger partial charge on any atom is 0.416 e. The van der Waals surface area contributed by atoms with Crippen molar-refractivity contribution < 1.29 is 27.5 Å². The Labute approximate surface area is 184 Å². The first-order chi connectivity index (χ1) is 14.8. The number of hydrogen-bond donors (Lipinski definition) is 0. The third-order valence-corrected chi connectivity index (χ3v) is 5.94. The van der Waals surface area contributed by atoms with Crippen LogP contribution in [0.15, 0.2) is 42.6 Å². The Kier molecular flexibility index (Phi) is 4.98. The van der Waals surface area contributed by atoms with E-state index < -0.39 is 28.8 Å². The zero-order valence-corrected chi connectivity index (χ0v) is 18.2. The molecule has 0 radical (unpaired) electrons. The molecule has 1 spiro atoms. The van der Waals surface area contributed by atoms with Gasteiger partial charge in [0.05, 0.1) is 22.4 Å². The van der Waals surface area contributed by atoms with Gasteiger partial charge in [-0.3, -0.25) is 14.7 Å². The fraction of sp³-hybridized carbons (Fsp3) is 0.435. The van der Waals surface area contributed by atoms with Crippen LogP contribution in [0.1, 0.15) is 44.9 Å². The molecule has 1 aromatic carbocycles. The van der Waals surface area contributed by atoms with E-state index in [-0.39, 0.29) is 11.9 Å². The molecule has 9 heteroatoms. The van der Waals surface area contributed by atoms with Crippen molar-refractivity contribution in [3.8, 4) is 0 Å². The van der Waals surface area contributed by atoms with Crippen molar-refractivity contribution >= 4 is 23.4 Å². The minimum absolute atomic E-state index is 0.212. The molecule has 32 heavy (non-hydrogen) atoms. The van der Waals surface area contributed by atoms with Gasteiger partial charge in [-0.25, -0.2) is 4.79 Å². The number of nitrogens with zero attached hydrogens (tertiary/aromatic N) is 3. The zero-order chi connectivity index (χ0) is 23.5.